The molecule has 4 heterocycles. The first-order chi connectivity index (χ1) is 12.3. The maximum atomic E-state index is 4.69. The molecule has 4 rings (SSSR count). The molecule has 0 unspecified atom stereocenters. The Bertz CT molecular complexity index is 1010. The molecule has 0 N–H and O–H groups in total. The van der Waals surface area contributed by atoms with Crippen LogP contribution in [0, 0.1) is 0 Å². The normalized spacial score (nSPS) is 11.3. The topological polar surface area (TPSA) is 82.3 Å². The minimum Gasteiger partial charge on any atom is -0.301 e. The average Bonchev–Trinajstić information content (AvgIpc) is 3.28. The molecule has 0 aliphatic rings. The Morgan fingerprint density at radius 1 is 1.16 bits per heavy atom. The molecule has 0 aromatic carbocycles. The third kappa shape index (κ3) is 3.00. The van der Waals surface area contributed by atoms with Crippen molar-refractivity contribution in [1.29, 1.82) is 0 Å². The summed E-state index contributed by atoms with van der Waals surface area (Å²) in [5, 5.41) is 13.5. The van der Waals surface area contributed by atoms with Gasteiger partial charge in [-0.05, 0) is 30.1 Å². The molecule has 0 saturated heterocycles. The Labute approximate surface area is 152 Å². The van der Waals surface area contributed by atoms with Crippen LogP contribution in [0.3, 0.4) is 0 Å². The van der Waals surface area contributed by atoms with Gasteiger partial charge in [0.05, 0.1) is 6.20 Å². The molecule has 0 radical (unpaired) electrons. The number of nitrogens with zero attached hydrogens (tertiary/aromatic N) is 7. The van der Waals surface area contributed by atoms with Crippen LogP contribution in [-0.4, -0.2) is 34.7 Å². The zero-order valence-electron chi connectivity index (χ0n) is 13.7. The predicted molar refractivity (Wildman–Crippen MR) is 97.6 cm³/mol. The fourth-order valence-corrected chi connectivity index (χ4v) is 4.30. The van der Waals surface area contributed by atoms with E-state index in [0.717, 1.165) is 39.2 Å². The minimum atomic E-state index is 0.710. The number of hydrogen-bond acceptors (Lipinski definition) is 8. The Hall–Kier alpha value is -2.39. The maximum Gasteiger partial charge on any atom is 0.197 e. The Morgan fingerprint density at radius 2 is 2.08 bits per heavy atom. The predicted octanol–water partition coefficient (Wildman–Crippen LogP) is 3.47. The van der Waals surface area contributed by atoms with E-state index in [1.807, 2.05) is 9.95 Å². The summed E-state index contributed by atoms with van der Waals surface area (Å²) in [6, 6.07) is 2.05. The van der Waals surface area contributed by atoms with Crippen molar-refractivity contribution in [2.24, 2.45) is 0 Å². The van der Waals surface area contributed by atoms with Crippen molar-refractivity contribution >= 4 is 33.3 Å². The molecule has 126 valence electrons. The molecule has 0 amide bonds. The van der Waals surface area contributed by atoms with Crippen molar-refractivity contribution in [3.8, 4) is 11.5 Å². The summed E-state index contributed by atoms with van der Waals surface area (Å²) >= 11 is 3.14. The molecular weight excluding hydrogens is 354 g/mol. The van der Waals surface area contributed by atoms with Gasteiger partial charge in [-0.2, -0.15) is 0 Å². The molecule has 0 saturated carbocycles. The highest BCUT2D eigenvalue weighted by atomic mass is 32.2. The zero-order valence-corrected chi connectivity index (χ0v) is 15.4. The van der Waals surface area contributed by atoms with Crippen molar-refractivity contribution in [3.63, 3.8) is 0 Å². The number of fused-ring (bicyclic) bond motifs is 1. The van der Waals surface area contributed by atoms with Crippen LogP contribution >= 0.6 is 23.1 Å². The van der Waals surface area contributed by atoms with Crippen LogP contribution in [0.2, 0.25) is 0 Å². The largest absolute Gasteiger partial charge is 0.301 e. The van der Waals surface area contributed by atoms with Gasteiger partial charge in [-0.15, -0.1) is 21.5 Å². The summed E-state index contributed by atoms with van der Waals surface area (Å²) in [5.41, 5.74) is 0.710. The molecule has 4 aromatic rings. The second kappa shape index (κ2) is 6.85. The summed E-state index contributed by atoms with van der Waals surface area (Å²) in [7, 11) is 0. The van der Waals surface area contributed by atoms with Gasteiger partial charge < -0.3 is 4.57 Å². The second-order valence-corrected chi connectivity index (χ2v) is 7.03. The third-order valence-corrected chi connectivity index (χ3v) is 5.46. The van der Waals surface area contributed by atoms with Gasteiger partial charge in [-0.1, -0.05) is 6.92 Å². The van der Waals surface area contributed by atoms with Crippen molar-refractivity contribution in [3.05, 3.63) is 35.9 Å². The lowest BCUT2D eigenvalue weighted by molar-refractivity contribution is 0.685. The molecule has 0 atom stereocenters. The highest BCUT2D eigenvalue weighted by Crippen LogP contribution is 2.34. The molecular formula is C16H15N7S2. The first-order valence-corrected chi connectivity index (χ1v) is 9.61. The standard InChI is InChI=1S/C16H15N7S2/c1-3-12-19-14-10(5-8-24-14)15(20-12)25-16-22-21-13(23(16)4-2)11-9-17-6-7-18-11/h5-9H,3-4H2,1-2H3. The summed E-state index contributed by atoms with van der Waals surface area (Å²) in [6.45, 7) is 4.86. The molecule has 25 heavy (non-hydrogen) atoms. The van der Waals surface area contributed by atoms with Crippen molar-refractivity contribution in [1.82, 2.24) is 34.7 Å². The van der Waals surface area contributed by atoms with E-state index in [1.165, 1.54) is 11.8 Å². The van der Waals surface area contributed by atoms with Gasteiger partial charge in [-0.3, -0.25) is 4.98 Å². The summed E-state index contributed by atoms with van der Waals surface area (Å²) < 4.78 is 2.03. The Balaban J connectivity index is 1.77. The number of rotatable bonds is 5. The molecule has 7 nitrogen and oxygen atoms in total. The van der Waals surface area contributed by atoms with Gasteiger partial charge in [-0.25, -0.2) is 15.0 Å². The van der Waals surface area contributed by atoms with Gasteiger partial charge in [0.15, 0.2) is 11.0 Å². The van der Waals surface area contributed by atoms with Gasteiger partial charge in [0.2, 0.25) is 0 Å². The quantitative estimate of drug-likeness (QED) is 0.498. The van der Waals surface area contributed by atoms with Gasteiger partial charge >= 0.3 is 0 Å². The monoisotopic (exact) mass is 369 g/mol. The highest BCUT2D eigenvalue weighted by Gasteiger charge is 2.17. The maximum absolute atomic E-state index is 4.69. The third-order valence-electron chi connectivity index (χ3n) is 3.67. The van der Waals surface area contributed by atoms with E-state index in [2.05, 4.69) is 45.1 Å². The lowest BCUT2D eigenvalue weighted by Gasteiger charge is -2.07. The Morgan fingerprint density at radius 3 is 2.84 bits per heavy atom. The lowest BCUT2D eigenvalue weighted by Crippen LogP contribution is -2.01. The van der Waals surface area contributed by atoms with Crippen LogP contribution < -0.4 is 0 Å². The molecule has 0 fully saturated rings. The van der Waals surface area contributed by atoms with E-state index in [4.69, 9.17) is 4.98 Å². The minimum absolute atomic E-state index is 0.710. The summed E-state index contributed by atoms with van der Waals surface area (Å²) in [4.78, 5) is 18.7. The fourth-order valence-electron chi connectivity index (χ4n) is 2.45. The SMILES string of the molecule is CCc1nc(Sc2nnc(-c3cnccn3)n2CC)c2ccsc2n1. The average molecular weight is 369 g/mol. The van der Waals surface area contributed by atoms with Crippen LogP contribution in [0.1, 0.15) is 19.7 Å². The van der Waals surface area contributed by atoms with Crippen molar-refractivity contribution in [2.45, 2.75) is 37.0 Å². The van der Waals surface area contributed by atoms with Crippen LogP contribution in [0.4, 0.5) is 0 Å². The number of hydrogen-bond donors (Lipinski definition) is 0. The zero-order chi connectivity index (χ0) is 17.2. The van der Waals surface area contributed by atoms with E-state index in [0.29, 0.717) is 11.5 Å². The molecule has 9 heteroatoms. The first-order valence-electron chi connectivity index (χ1n) is 7.91. The first kappa shape index (κ1) is 16.1. The smallest absolute Gasteiger partial charge is 0.197 e. The van der Waals surface area contributed by atoms with Crippen LogP contribution in [0.15, 0.2) is 40.2 Å². The van der Waals surface area contributed by atoms with E-state index < -0.39 is 0 Å². The van der Waals surface area contributed by atoms with E-state index in [1.54, 1.807) is 29.9 Å². The number of aryl methyl sites for hydroxylation is 1. The van der Waals surface area contributed by atoms with Crippen LogP contribution in [0.5, 0.6) is 0 Å². The summed E-state index contributed by atoms with van der Waals surface area (Å²) in [6.07, 6.45) is 5.80. The van der Waals surface area contributed by atoms with Crippen LogP contribution in [0.25, 0.3) is 21.7 Å². The van der Waals surface area contributed by atoms with Gasteiger partial charge in [0, 0.05) is 30.7 Å². The van der Waals surface area contributed by atoms with E-state index in [-0.39, 0.29) is 0 Å². The summed E-state index contributed by atoms with van der Waals surface area (Å²) in [5.74, 6) is 1.55. The molecule has 0 aliphatic carbocycles. The van der Waals surface area contributed by atoms with Gasteiger partial charge in [0.25, 0.3) is 0 Å². The van der Waals surface area contributed by atoms with Crippen molar-refractivity contribution in [2.75, 3.05) is 0 Å². The molecule has 4 aromatic heterocycles. The fraction of sp³-hybridized carbons (Fsp3) is 0.250. The van der Waals surface area contributed by atoms with Crippen LogP contribution in [-0.2, 0) is 13.0 Å². The molecule has 0 bridgehead atoms. The number of thiophene rings is 1. The molecule has 0 aliphatic heterocycles. The van der Waals surface area contributed by atoms with E-state index >= 15 is 0 Å². The highest BCUT2D eigenvalue weighted by molar-refractivity contribution is 7.99. The number of aromatic nitrogens is 7. The second-order valence-electron chi connectivity index (χ2n) is 5.18. The molecule has 0 spiro atoms. The Kier molecular flexibility index (Phi) is 4.41. The van der Waals surface area contributed by atoms with Crippen molar-refractivity contribution < 1.29 is 0 Å². The van der Waals surface area contributed by atoms with Gasteiger partial charge in [0.1, 0.15) is 21.4 Å². The van der Waals surface area contributed by atoms with E-state index in [9.17, 15) is 0 Å². The lowest BCUT2D eigenvalue weighted by atomic mass is 10.4.